The van der Waals surface area contributed by atoms with Crippen LogP contribution in [0.5, 0.6) is 0 Å². The molecule has 0 aliphatic rings. The number of ether oxygens (including phenoxy) is 2. The molecule has 0 N–H and O–H groups in total. The van der Waals surface area contributed by atoms with Gasteiger partial charge in [0, 0.05) is 12.8 Å². The summed E-state index contributed by atoms with van der Waals surface area (Å²) < 4.78 is 11.6. The average molecular weight is 250 g/mol. The predicted molar refractivity (Wildman–Crippen MR) is 76.2 cm³/mol. The molecule has 18 heavy (non-hydrogen) atoms. The molecule has 0 aromatic heterocycles. The van der Waals surface area contributed by atoms with Gasteiger partial charge in [-0.15, -0.1) is 24.7 Å². The highest BCUT2D eigenvalue weighted by Crippen LogP contribution is 2.20. The van der Waals surface area contributed by atoms with Gasteiger partial charge in [0.25, 0.3) is 0 Å². The van der Waals surface area contributed by atoms with Gasteiger partial charge in [0.1, 0.15) is 0 Å². The first kappa shape index (κ1) is 17.0. The van der Waals surface area contributed by atoms with Gasteiger partial charge in [-0.25, -0.2) is 0 Å². The van der Waals surface area contributed by atoms with Crippen molar-refractivity contribution >= 4 is 0 Å². The van der Waals surface area contributed by atoms with Gasteiger partial charge in [-0.3, -0.25) is 0 Å². The van der Waals surface area contributed by atoms with Gasteiger partial charge < -0.3 is 9.47 Å². The lowest BCUT2D eigenvalue weighted by molar-refractivity contribution is -0.0726. The van der Waals surface area contributed by atoms with Crippen LogP contribution in [0.15, 0.2) is 0 Å². The Bertz CT molecular complexity index is 302. The highest BCUT2D eigenvalue weighted by atomic mass is 16.5. The number of hydrogen-bond donors (Lipinski definition) is 0. The summed E-state index contributed by atoms with van der Waals surface area (Å²) in [4.78, 5) is 0. The van der Waals surface area contributed by atoms with E-state index in [1.165, 1.54) is 0 Å². The van der Waals surface area contributed by atoms with E-state index in [0.29, 0.717) is 19.6 Å². The number of rotatable bonds is 9. The van der Waals surface area contributed by atoms with Crippen LogP contribution in [0, 0.1) is 24.7 Å². The summed E-state index contributed by atoms with van der Waals surface area (Å²) >= 11 is 0. The minimum Gasteiger partial charge on any atom is -0.375 e. The van der Waals surface area contributed by atoms with Gasteiger partial charge in [-0.2, -0.15) is 0 Å². The quantitative estimate of drug-likeness (QED) is 0.461. The zero-order chi connectivity index (χ0) is 14.1. The molecule has 0 saturated carbocycles. The monoisotopic (exact) mass is 250 g/mol. The minimum absolute atomic E-state index is 0.165. The molecule has 0 atom stereocenters. The van der Waals surface area contributed by atoms with E-state index >= 15 is 0 Å². The summed E-state index contributed by atoms with van der Waals surface area (Å²) in [7, 11) is 0. The fourth-order valence-corrected chi connectivity index (χ4v) is 1.48. The van der Waals surface area contributed by atoms with Crippen LogP contribution in [0.2, 0.25) is 0 Å². The molecule has 0 bridgehead atoms. The summed E-state index contributed by atoms with van der Waals surface area (Å²) in [5.41, 5.74) is -0.361. The van der Waals surface area contributed by atoms with E-state index in [9.17, 15) is 0 Å². The van der Waals surface area contributed by atoms with Crippen molar-refractivity contribution in [2.75, 3.05) is 13.2 Å². The maximum Gasteiger partial charge on any atom is 0.0648 e. The van der Waals surface area contributed by atoms with Crippen LogP contribution < -0.4 is 0 Å². The van der Waals surface area contributed by atoms with Gasteiger partial charge in [0.2, 0.25) is 0 Å². The first-order valence-electron chi connectivity index (χ1n) is 6.48. The molecule has 0 spiro atoms. The molecule has 0 radical (unpaired) electrons. The van der Waals surface area contributed by atoms with Gasteiger partial charge in [-0.1, -0.05) is 0 Å². The second-order valence-electron chi connectivity index (χ2n) is 5.62. The average Bonchev–Trinajstić information content (AvgIpc) is 2.26. The highest BCUT2D eigenvalue weighted by Gasteiger charge is 2.22. The smallest absolute Gasteiger partial charge is 0.0648 e. The minimum atomic E-state index is -0.195. The van der Waals surface area contributed by atoms with Crippen LogP contribution >= 0.6 is 0 Å². The maximum absolute atomic E-state index is 5.86. The first-order chi connectivity index (χ1) is 8.33. The van der Waals surface area contributed by atoms with E-state index in [2.05, 4.69) is 39.5 Å². The summed E-state index contributed by atoms with van der Waals surface area (Å²) in [5.74, 6) is 5.21. The molecule has 0 fully saturated rings. The molecular weight excluding hydrogens is 224 g/mol. The van der Waals surface area contributed by atoms with Gasteiger partial charge in [0.15, 0.2) is 0 Å². The molecule has 0 saturated heterocycles. The lowest BCUT2D eigenvalue weighted by atomic mass is 10.0. The normalized spacial score (nSPS) is 11.9. The van der Waals surface area contributed by atoms with E-state index < -0.39 is 0 Å². The molecule has 0 heterocycles. The van der Waals surface area contributed by atoms with E-state index in [1.807, 2.05) is 0 Å². The Labute approximate surface area is 112 Å². The Hall–Kier alpha value is -0.960. The third kappa shape index (κ3) is 9.11. The molecule has 0 aliphatic carbocycles. The van der Waals surface area contributed by atoms with Gasteiger partial charge in [0.05, 0.1) is 24.4 Å². The largest absolute Gasteiger partial charge is 0.375 e. The number of terminal acetylenes is 2. The lowest BCUT2D eigenvalue weighted by Gasteiger charge is -2.29. The molecule has 0 unspecified atom stereocenters. The van der Waals surface area contributed by atoms with E-state index in [0.717, 1.165) is 19.3 Å². The molecule has 2 nitrogen and oxygen atoms in total. The summed E-state index contributed by atoms with van der Waals surface area (Å²) in [6.07, 6.45) is 13.6. The van der Waals surface area contributed by atoms with Crippen molar-refractivity contribution in [2.45, 2.75) is 64.6 Å². The van der Waals surface area contributed by atoms with Crippen molar-refractivity contribution in [3.05, 3.63) is 0 Å². The van der Waals surface area contributed by atoms with Crippen molar-refractivity contribution in [2.24, 2.45) is 0 Å². The van der Waals surface area contributed by atoms with Gasteiger partial charge >= 0.3 is 0 Å². The van der Waals surface area contributed by atoms with Crippen molar-refractivity contribution in [3.63, 3.8) is 0 Å². The van der Waals surface area contributed by atoms with Crippen molar-refractivity contribution < 1.29 is 9.47 Å². The highest BCUT2D eigenvalue weighted by molar-refractivity contribution is 4.87. The summed E-state index contributed by atoms with van der Waals surface area (Å²) in [5, 5.41) is 0. The molecule has 0 aromatic rings. The van der Waals surface area contributed by atoms with Crippen molar-refractivity contribution in [1.29, 1.82) is 0 Å². The van der Waals surface area contributed by atoms with Crippen LogP contribution in [-0.4, -0.2) is 24.4 Å². The fraction of sp³-hybridized carbons (Fsp3) is 0.750. The number of hydrogen-bond acceptors (Lipinski definition) is 2. The summed E-state index contributed by atoms with van der Waals surface area (Å²) in [6, 6.07) is 0. The zero-order valence-electron chi connectivity index (χ0n) is 12.2. The second-order valence-corrected chi connectivity index (χ2v) is 5.62. The zero-order valence-corrected chi connectivity index (χ0v) is 12.2. The Morgan fingerprint density at radius 3 is 1.83 bits per heavy atom. The Kier molecular flexibility index (Phi) is 7.76. The first-order valence-corrected chi connectivity index (χ1v) is 6.48. The second kappa shape index (κ2) is 8.20. The predicted octanol–water partition coefficient (Wildman–Crippen LogP) is 3.40. The maximum atomic E-state index is 5.86. The van der Waals surface area contributed by atoms with Crippen LogP contribution in [0.3, 0.4) is 0 Å². The van der Waals surface area contributed by atoms with E-state index in [1.54, 1.807) is 0 Å². The molecule has 0 rings (SSSR count). The van der Waals surface area contributed by atoms with E-state index in [-0.39, 0.29) is 11.2 Å². The Morgan fingerprint density at radius 1 is 0.778 bits per heavy atom. The molecule has 0 amide bonds. The van der Waals surface area contributed by atoms with Crippen LogP contribution in [0.25, 0.3) is 0 Å². The topological polar surface area (TPSA) is 18.5 Å². The molecule has 102 valence electrons. The molecule has 0 aromatic carbocycles. The van der Waals surface area contributed by atoms with Gasteiger partial charge in [-0.05, 0) is 40.5 Å². The third-order valence-corrected chi connectivity index (χ3v) is 2.81. The Morgan fingerprint density at radius 2 is 1.28 bits per heavy atom. The molecular formula is C16H26O2. The van der Waals surface area contributed by atoms with Crippen molar-refractivity contribution in [1.82, 2.24) is 0 Å². The SMILES string of the molecule is C#CCCOC(C)(C)CCOC(C)(C)CCC#C. The fourth-order valence-electron chi connectivity index (χ4n) is 1.48. The third-order valence-electron chi connectivity index (χ3n) is 2.81. The molecule has 2 heteroatoms. The van der Waals surface area contributed by atoms with E-state index in [4.69, 9.17) is 22.3 Å². The lowest BCUT2D eigenvalue weighted by Crippen LogP contribution is -2.31. The van der Waals surface area contributed by atoms with Crippen LogP contribution in [0.4, 0.5) is 0 Å². The van der Waals surface area contributed by atoms with Crippen LogP contribution in [-0.2, 0) is 9.47 Å². The summed E-state index contributed by atoms with van der Waals surface area (Å²) in [6.45, 7) is 9.51. The van der Waals surface area contributed by atoms with Crippen LogP contribution in [0.1, 0.15) is 53.4 Å². The Balaban J connectivity index is 3.88. The van der Waals surface area contributed by atoms with Crippen molar-refractivity contribution in [3.8, 4) is 24.7 Å². The molecule has 0 aliphatic heterocycles. The standard InChI is InChI=1S/C16H26O2/c1-7-9-11-15(3,4)18-14-12-16(5,6)17-13-10-8-2/h1-2H,9-14H2,3-6H3.